The number of allylic oxidation sites excluding steroid dienone is 2. The minimum absolute atomic E-state index is 0.0184. The quantitative estimate of drug-likeness (QED) is 0.792. The van der Waals surface area contributed by atoms with Gasteiger partial charge >= 0.3 is 0 Å². The van der Waals surface area contributed by atoms with E-state index in [1.54, 1.807) is 30.4 Å². The Morgan fingerprint density at radius 2 is 1.55 bits per heavy atom. The molecule has 0 unspecified atom stereocenters. The zero-order valence-electron chi connectivity index (χ0n) is 10.8. The number of methoxy groups -OCH3 is 1. The van der Waals surface area contributed by atoms with E-state index in [2.05, 4.69) is 0 Å². The fourth-order valence-corrected chi connectivity index (χ4v) is 2.95. The molecule has 0 radical (unpaired) electrons. The third-order valence-electron chi connectivity index (χ3n) is 3.88. The maximum absolute atomic E-state index is 12.3. The fraction of sp³-hybridized carbons (Fsp3) is 0.0588. The summed E-state index contributed by atoms with van der Waals surface area (Å²) in [6.07, 6.45) is 5.11. The number of hydrogen-bond acceptors (Lipinski definition) is 3. The van der Waals surface area contributed by atoms with Gasteiger partial charge < -0.3 is 4.74 Å². The van der Waals surface area contributed by atoms with Crippen LogP contribution in [0.3, 0.4) is 0 Å². The molecular formula is C17H10O3. The monoisotopic (exact) mass is 262 g/mol. The topological polar surface area (TPSA) is 43.4 Å². The van der Waals surface area contributed by atoms with E-state index in [0.29, 0.717) is 16.9 Å². The molecule has 0 aliphatic heterocycles. The van der Waals surface area contributed by atoms with Gasteiger partial charge in [-0.05, 0) is 35.4 Å². The van der Waals surface area contributed by atoms with Crippen LogP contribution in [-0.2, 0) is 4.74 Å². The molecule has 4 rings (SSSR count). The van der Waals surface area contributed by atoms with Crippen molar-refractivity contribution in [3.8, 4) is 0 Å². The van der Waals surface area contributed by atoms with Gasteiger partial charge in [0.1, 0.15) is 0 Å². The van der Waals surface area contributed by atoms with Crippen molar-refractivity contribution in [2.75, 3.05) is 7.11 Å². The van der Waals surface area contributed by atoms with Gasteiger partial charge in [-0.15, -0.1) is 0 Å². The van der Waals surface area contributed by atoms with Crippen LogP contribution in [0.2, 0.25) is 0 Å². The molecular weight excluding hydrogens is 252 g/mol. The first-order valence-electron chi connectivity index (χ1n) is 6.33. The highest BCUT2D eigenvalue weighted by molar-refractivity contribution is 6.28. The zero-order chi connectivity index (χ0) is 13.9. The van der Waals surface area contributed by atoms with Crippen LogP contribution in [0.15, 0.2) is 36.1 Å². The Morgan fingerprint density at radius 3 is 2.35 bits per heavy atom. The van der Waals surface area contributed by atoms with Crippen molar-refractivity contribution in [3.63, 3.8) is 0 Å². The highest BCUT2D eigenvalue weighted by atomic mass is 16.5. The summed E-state index contributed by atoms with van der Waals surface area (Å²) < 4.78 is 5.14. The van der Waals surface area contributed by atoms with Gasteiger partial charge in [0, 0.05) is 21.9 Å². The lowest BCUT2D eigenvalue weighted by Crippen LogP contribution is -2.13. The Balaban J connectivity index is 2.22. The van der Waals surface area contributed by atoms with Crippen LogP contribution in [0.25, 0.3) is 22.9 Å². The Labute approximate surface area is 115 Å². The second kappa shape index (κ2) is 3.67. The number of rotatable bonds is 1. The van der Waals surface area contributed by atoms with Crippen molar-refractivity contribution >= 4 is 34.5 Å². The average molecular weight is 262 g/mol. The first-order valence-corrected chi connectivity index (χ1v) is 6.33. The molecule has 0 fully saturated rings. The molecule has 0 N–H and O–H groups in total. The Bertz CT molecular complexity index is 869. The molecule has 0 saturated carbocycles. The fourth-order valence-electron chi connectivity index (χ4n) is 2.95. The predicted molar refractivity (Wildman–Crippen MR) is 76.6 cm³/mol. The van der Waals surface area contributed by atoms with Crippen LogP contribution in [0, 0.1) is 0 Å². The van der Waals surface area contributed by atoms with E-state index in [9.17, 15) is 9.59 Å². The summed E-state index contributed by atoms with van der Waals surface area (Å²) in [5.41, 5.74) is 3.15. The number of benzene rings is 2. The van der Waals surface area contributed by atoms with Gasteiger partial charge in [-0.2, -0.15) is 0 Å². The van der Waals surface area contributed by atoms with Crippen LogP contribution in [0.5, 0.6) is 0 Å². The molecule has 0 atom stereocenters. The van der Waals surface area contributed by atoms with Gasteiger partial charge in [0.15, 0.2) is 11.5 Å². The number of ketones is 2. The maximum Gasteiger partial charge on any atom is 0.228 e. The van der Waals surface area contributed by atoms with Crippen LogP contribution in [0.1, 0.15) is 31.8 Å². The largest absolute Gasteiger partial charge is 0.493 e. The molecule has 96 valence electrons. The van der Waals surface area contributed by atoms with Gasteiger partial charge in [0.25, 0.3) is 0 Å². The minimum atomic E-state index is -0.134. The van der Waals surface area contributed by atoms with Crippen molar-refractivity contribution in [1.29, 1.82) is 0 Å². The number of hydrogen-bond donors (Lipinski definition) is 0. The predicted octanol–water partition coefficient (Wildman–Crippen LogP) is 3.23. The summed E-state index contributed by atoms with van der Waals surface area (Å²) in [6, 6.07) is 7.37. The van der Waals surface area contributed by atoms with Crippen molar-refractivity contribution < 1.29 is 14.3 Å². The van der Waals surface area contributed by atoms with E-state index >= 15 is 0 Å². The molecule has 3 nitrogen and oxygen atoms in total. The highest BCUT2D eigenvalue weighted by Gasteiger charge is 2.26. The van der Waals surface area contributed by atoms with E-state index in [1.807, 2.05) is 12.1 Å². The van der Waals surface area contributed by atoms with E-state index < -0.39 is 0 Å². The number of ether oxygens (including phenoxy) is 1. The van der Waals surface area contributed by atoms with Crippen LogP contribution < -0.4 is 0 Å². The molecule has 20 heavy (non-hydrogen) atoms. The van der Waals surface area contributed by atoms with Crippen LogP contribution >= 0.6 is 0 Å². The van der Waals surface area contributed by atoms with Crippen molar-refractivity contribution in [2.24, 2.45) is 0 Å². The lowest BCUT2D eigenvalue weighted by molar-refractivity contribution is 0.0956. The van der Waals surface area contributed by atoms with E-state index in [1.165, 1.54) is 7.11 Å². The standard InChI is InChI=1S/C17H10O3/c1-20-14-8-10-3-2-9-4-7-13(18)11-5-6-12(17(14)19)16(10)15(9)11/h2-8H,1H3. The van der Waals surface area contributed by atoms with E-state index in [-0.39, 0.29) is 11.6 Å². The zero-order valence-corrected chi connectivity index (χ0v) is 10.8. The Morgan fingerprint density at radius 1 is 0.850 bits per heavy atom. The maximum atomic E-state index is 12.3. The molecule has 0 aromatic heterocycles. The first-order chi connectivity index (χ1) is 9.70. The molecule has 0 heterocycles. The minimum Gasteiger partial charge on any atom is -0.493 e. The first kappa shape index (κ1) is 11.2. The molecule has 0 amide bonds. The smallest absolute Gasteiger partial charge is 0.228 e. The van der Waals surface area contributed by atoms with Crippen molar-refractivity contribution in [2.45, 2.75) is 0 Å². The summed E-state index contributed by atoms with van der Waals surface area (Å²) >= 11 is 0. The summed E-state index contributed by atoms with van der Waals surface area (Å²) in [5.74, 6) is 0.180. The summed E-state index contributed by atoms with van der Waals surface area (Å²) in [6.45, 7) is 0. The van der Waals surface area contributed by atoms with Crippen LogP contribution in [-0.4, -0.2) is 18.7 Å². The van der Waals surface area contributed by atoms with Gasteiger partial charge in [-0.1, -0.05) is 18.2 Å². The third kappa shape index (κ3) is 1.24. The molecule has 2 aliphatic carbocycles. The highest BCUT2D eigenvalue weighted by Crippen LogP contribution is 2.37. The molecule has 0 saturated heterocycles. The van der Waals surface area contributed by atoms with Crippen molar-refractivity contribution in [1.82, 2.24) is 0 Å². The second-order valence-corrected chi connectivity index (χ2v) is 4.89. The molecule has 2 aromatic rings. The molecule has 3 heteroatoms. The van der Waals surface area contributed by atoms with Gasteiger partial charge in [0.05, 0.1) is 7.11 Å². The summed E-state index contributed by atoms with van der Waals surface area (Å²) in [5, 5.41) is 1.72. The van der Waals surface area contributed by atoms with E-state index in [0.717, 1.165) is 21.9 Å². The number of carbonyl (C=O) groups excluding carboxylic acids is 2. The number of carbonyl (C=O) groups is 2. The van der Waals surface area contributed by atoms with Crippen molar-refractivity contribution in [3.05, 3.63) is 58.4 Å². The van der Waals surface area contributed by atoms with Crippen LogP contribution in [0.4, 0.5) is 0 Å². The summed E-state index contributed by atoms with van der Waals surface area (Å²) in [7, 11) is 1.49. The Hall–Kier alpha value is -2.68. The third-order valence-corrected chi connectivity index (χ3v) is 3.88. The molecule has 2 aliphatic rings. The second-order valence-electron chi connectivity index (χ2n) is 4.89. The molecule has 0 bridgehead atoms. The lowest BCUT2D eigenvalue weighted by Gasteiger charge is -2.20. The van der Waals surface area contributed by atoms with E-state index in [4.69, 9.17) is 4.74 Å². The van der Waals surface area contributed by atoms with Gasteiger partial charge in [0.2, 0.25) is 5.78 Å². The summed E-state index contributed by atoms with van der Waals surface area (Å²) in [4.78, 5) is 24.3. The number of Topliss-reactive ketones (excluding diaryl/α,β-unsaturated/α-hetero) is 1. The average Bonchev–Trinajstić information content (AvgIpc) is 2.48. The lowest BCUT2D eigenvalue weighted by atomic mass is 9.84. The SMILES string of the molecule is COC1=Cc2ccc3c4c(ccc(c24)C1=O)C(=O)C=C3. The molecule has 2 aromatic carbocycles. The van der Waals surface area contributed by atoms with Gasteiger partial charge in [-0.3, -0.25) is 9.59 Å². The van der Waals surface area contributed by atoms with Gasteiger partial charge in [-0.25, -0.2) is 0 Å². The Kier molecular flexibility index (Phi) is 2.05. The molecule has 0 spiro atoms. The normalized spacial score (nSPS) is 15.6.